The van der Waals surface area contributed by atoms with E-state index in [0.29, 0.717) is 30.4 Å². The van der Waals surface area contributed by atoms with Crippen molar-refractivity contribution in [2.75, 3.05) is 57.6 Å². The molecule has 0 aromatic heterocycles. The molecule has 1 aromatic rings. The Balaban J connectivity index is 1.47. The van der Waals surface area contributed by atoms with E-state index in [2.05, 4.69) is 4.90 Å². The van der Waals surface area contributed by atoms with E-state index in [1.54, 1.807) is 39.2 Å². The van der Waals surface area contributed by atoms with Crippen molar-refractivity contribution in [1.82, 2.24) is 9.80 Å². The second kappa shape index (κ2) is 10.8. The Morgan fingerprint density at radius 2 is 1.71 bits per heavy atom. The zero-order chi connectivity index (χ0) is 32.7. The van der Waals surface area contributed by atoms with Gasteiger partial charge in [-0.15, -0.1) is 0 Å². The summed E-state index contributed by atoms with van der Waals surface area (Å²) in [6.45, 7) is 1.18. The van der Waals surface area contributed by atoms with Crippen molar-refractivity contribution in [1.29, 1.82) is 0 Å². The average molecular weight is 624 g/mol. The number of piperazine rings is 1. The number of primary amides is 1. The number of carbonyl (C=O) groups is 4. The van der Waals surface area contributed by atoms with Crippen LogP contribution in [0.5, 0.6) is 5.75 Å². The topological polar surface area (TPSA) is 188 Å². The Bertz CT molecular complexity index is 1580. The summed E-state index contributed by atoms with van der Waals surface area (Å²) in [5, 5.41) is 46.4. The summed E-state index contributed by atoms with van der Waals surface area (Å²) in [7, 11) is 6.72. The van der Waals surface area contributed by atoms with Crippen LogP contribution in [0.25, 0.3) is 5.76 Å². The molecule has 0 bridgehead atoms. The van der Waals surface area contributed by atoms with E-state index in [9.17, 15) is 39.6 Å². The normalized spacial score (nSPS) is 29.3. The van der Waals surface area contributed by atoms with Gasteiger partial charge in [-0.05, 0) is 57.3 Å². The fourth-order valence-corrected chi connectivity index (χ4v) is 8.41. The van der Waals surface area contributed by atoms with Crippen molar-refractivity contribution in [2.24, 2.45) is 17.6 Å². The fraction of sp³-hybridized carbons (Fsp3) is 0.562. The van der Waals surface area contributed by atoms with Crippen LogP contribution in [-0.2, 0) is 25.6 Å². The van der Waals surface area contributed by atoms with Crippen molar-refractivity contribution in [3.05, 3.63) is 34.1 Å². The third-order valence-electron chi connectivity index (χ3n) is 10.5. The maximum Gasteiger partial charge on any atom is 0.255 e. The lowest BCUT2D eigenvalue weighted by Gasteiger charge is -2.50. The van der Waals surface area contributed by atoms with Gasteiger partial charge in [0.25, 0.3) is 5.91 Å². The molecule has 4 aliphatic carbocycles. The number of fused-ring (bicyclic) bond motifs is 3. The van der Waals surface area contributed by atoms with Crippen LogP contribution in [0.4, 0.5) is 11.4 Å². The molecule has 5 aliphatic rings. The monoisotopic (exact) mass is 623 g/mol. The van der Waals surface area contributed by atoms with Gasteiger partial charge in [0, 0.05) is 50.4 Å². The maximum absolute atomic E-state index is 14.2. The molecular formula is C32H41N5O8. The molecule has 0 radical (unpaired) electrons. The van der Waals surface area contributed by atoms with Crippen molar-refractivity contribution >= 4 is 40.5 Å². The highest BCUT2D eigenvalue weighted by atomic mass is 16.3. The molecule has 13 heteroatoms. The van der Waals surface area contributed by atoms with Gasteiger partial charge in [-0.2, -0.15) is 0 Å². The summed E-state index contributed by atoms with van der Waals surface area (Å²) in [5.41, 5.74) is 2.97. The van der Waals surface area contributed by atoms with Crippen molar-refractivity contribution in [2.45, 2.75) is 56.2 Å². The van der Waals surface area contributed by atoms with Crippen LogP contribution in [0.1, 0.15) is 43.2 Å². The van der Waals surface area contributed by atoms with Gasteiger partial charge >= 0.3 is 0 Å². The molecular weight excluding hydrogens is 582 g/mol. The van der Waals surface area contributed by atoms with Crippen LogP contribution >= 0.6 is 0 Å². The van der Waals surface area contributed by atoms with Gasteiger partial charge in [-0.25, -0.2) is 0 Å². The molecule has 45 heavy (non-hydrogen) atoms. The van der Waals surface area contributed by atoms with Crippen molar-refractivity contribution in [3.63, 3.8) is 0 Å². The number of benzene rings is 1. The second-order valence-corrected chi connectivity index (χ2v) is 13.4. The highest BCUT2D eigenvalue weighted by molar-refractivity contribution is 6.24. The highest BCUT2D eigenvalue weighted by Crippen LogP contribution is 2.55. The molecule has 1 aromatic carbocycles. The summed E-state index contributed by atoms with van der Waals surface area (Å²) < 4.78 is 0. The Labute approximate surface area is 261 Å². The molecule has 4 atom stereocenters. The van der Waals surface area contributed by atoms with Crippen molar-refractivity contribution in [3.8, 4) is 5.75 Å². The number of carbonyl (C=O) groups excluding carboxylic acids is 4. The number of likely N-dealkylation sites (N-methyl/N-ethyl adjacent to an activating group) is 1. The Kier molecular flexibility index (Phi) is 7.49. The molecule has 1 heterocycles. The third kappa shape index (κ3) is 4.46. The lowest BCUT2D eigenvalue weighted by molar-refractivity contribution is -0.153. The fourth-order valence-electron chi connectivity index (χ4n) is 8.41. The highest BCUT2D eigenvalue weighted by Gasteiger charge is 2.64. The lowest BCUT2D eigenvalue weighted by Crippen LogP contribution is -2.65. The lowest BCUT2D eigenvalue weighted by atomic mass is 9.57. The number of amides is 2. The molecule has 1 aliphatic heterocycles. The minimum Gasteiger partial charge on any atom is -0.508 e. The number of ketones is 2. The van der Waals surface area contributed by atoms with Gasteiger partial charge in [0.15, 0.2) is 17.1 Å². The van der Waals surface area contributed by atoms with Crippen molar-refractivity contribution < 1.29 is 39.6 Å². The van der Waals surface area contributed by atoms with Crippen LogP contribution < -0.4 is 15.5 Å². The first kappa shape index (κ1) is 31.1. The van der Waals surface area contributed by atoms with Crippen LogP contribution in [0.2, 0.25) is 0 Å². The van der Waals surface area contributed by atoms with Gasteiger partial charge in [-0.3, -0.25) is 29.0 Å². The first-order valence-corrected chi connectivity index (χ1v) is 15.4. The summed E-state index contributed by atoms with van der Waals surface area (Å²) in [5.74, 6) is -7.25. The number of rotatable bonds is 5. The summed E-state index contributed by atoms with van der Waals surface area (Å²) in [4.78, 5) is 60.2. The number of nitrogens with two attached hydrogens (primary N) is 1. The molecule has 13 nitrogen and oxygen atoms in total. The average Bonchev–Trinajstić information content (AvgIpc) is 3.50. The number of aromatic hydroxyl groups is 1. The smallest absolute Gasteiger partial charge is 0.255 e. The van der Waals surface area contributed by atoms with Gasteiger partial charge in [0.1, 0.15) is 17.1 Å². The van der Waals surface area contributed by atoms with Crippen LogP contribution in [0.15, 0.2) is 23.0 Å². The molecule has 6 N–H and O–H groups in total. The zero-order valence-electron chi connectivity index (χ0n) is 26.0. The molecule has 6 rings (SSSR count). The van der Waals surface area contributed by atoms with Gasteiger partial charge in [0.2, 0.25) is 11.7 Å². The van der Waals surface area contributed by atoms with E-state index in [0.717, 1.165) is 25.7 Å². The number of anilines is 2. The van der Waals surface area contributed by atoms with Crippen LogP contribution in [0.3, 0.4) is 0 Å². The van der Waals surface area contributed by atoms with Gasteiger partial charge < -0.3 is 36.0 Å². The van der Waals surface area contributed by atoms with E-state index >= 15 is 0 Å². The number of hydrogen-bond donors (Lipinski definition) is 5. The number of hydrogen-bond acceptors (Lipinski definition) is 11. The van der Waals surface area contributed by atoms with Gasteiger partial charge in [-0.1, -0.05) is 12.8 Å². The number of aliphatic hydroxyl groups excluding tert-OH is 2. The summed E-state index contributed by atoms with van der Waals surface area (Å²) in [6, 6.07) is 0.934. The predicted molar refractivity (Wildman–Crippen MR) is 165 cm³/mol. The first-order valence-electron chi connectivity index (χ1n) is 15.4. The molecule has 2 unspecified atom stereocenters. The van der Waals surface area contributed by atoms with E-state index in [1.807, 2.05) is 0 Å². The van der Waals surface area contributed by atoms with E-state index < -0.39 is 58.0 Å². The maximum atomic E-state index is 14.2. The Morgan fingerprint density at radius 3 is 2.29 bits per heavy atom. The summed E-state index contributed by atoms with van der Waals surface area (Å²) >= 11 is 0. The van der Waals surface area contributed by atoms with E-state index in [1.165, 1.54) is 9.80 Å². The number of phenolic OH excluding ortho intramolecular Hbond substituents is 1. The number of aliphatic hydroxyl groups is 3. The zero-order valence-corrected chi connectivity index (χ0v) is 26.0. The number of nitrogens with zero attached hydrogens (tertiary/aromatic N) is 4. The molecule has 0 spiro atoms. The third-order valence-corrected chi connectivity index (χ3v) is 10.5. The first-order chi connectivity index (χ1) is 21.2. The number of Topliss-reactive ketones (excluding diaryl/α,β-unsaturated/α-hetero) is 2. The van der Waals surface area contributed by atoms with Gasteiger partial charge in [0.05, 0.1) is 23.8 Å². The second-order valence-electron chi connectivity index (χ2n) is 13.4. The number of phenols is 1. The minimum atomic E-state index is -2.71. The van der Waals surface area contributed by atoms with Crippen LogP contribution in [-0.4, -0.2) is 119 Å². The Morgan fingerprint density at radius 1 is 1.04 bits per heavy atom. The molecule has 3 fully saturated rings. The van der Waals surface area contributed by atoms with E-state index in [4.69, 9.17) is 5.73 Å². The minimum absolute atomic E-state index is 0.00273. The molecule has 242 valence electrons. The molecule has 2 saturated carbocycles. The standard InChI is InChI=1S/C32H41N5O8/c1-34(2)19-13-20(37-10-9-36(14-21(37)38)16-7-5-6-8-16)26(39)23-17(19)11-15-12-18-25(35(3)4)28(41)24(31(33)44)30(43)32(18,45)29(42)22(15)27(23)40/h13,15-16,18,25,39-40,43,45H,5-12,14H2,1-4H3,(H2,33,44)/t15?,18?,25-,32-/m0/s1. The summed E-state index contributed by atoms with van der Waals surface area (Å²) in [6.07, 6.45) is 4.57. The molecule has 1 saturated heterocycles. The molecule has 2 amide bonds. The predicted octanol–water partition coefficient (Wildman–Crippen LogP) is 0.621. The largest absolute Gasteiger partial charge is 0.508 e. The quantitative estimate of drug-likeness (QED) is 0.289. The Hall–Kier alpha value is -3.94. The van der Waals surface area contributed by atoms with E-state index in [-0.39, 0.29) is 47.9 Å². The SMILES string of the molecule is CN(C)c1cc(N2CCN(C3CCCC3)CC2=O)c(O)c2c1CC1CC3[C@H](N(C)C)C(=O)C(C(N)=O)=C(O)[C@@]3(O)C(=O)C1=C2O. The van der Waals surface area contributed by atoms with Crippen LogP contribution in [0, 0.1) is 11.8 Å².